The maximum absolute atomic E-state index is 6.01. The highest BCUT2D eigenvalue weighted by Gasteiger charge is 2.10. The SMILES string of the molecule is C.Nc1cc(Cc2cccc(-c3ccccc3)c2)c(N)c(N)n1.Nc1cc(Cc2cccc(-c3ccccc3)c2)c2n[nH]nc2n1. The molecule has 0 amide bonds. The first-order chi connectivity index (χ1) is 21.9. The highest BCUT2D eigenvalue weighted by atomic mass is 15.3. The van der Waals surface area contributed by atoms with E-state index in [2.05, 4.69) is 92.1 Å². The van der Waals surface area contributed by atoms with Crippen LogP contribution >= 0.6 is 0 Å². The van der Waals surface area contributed by atoms with Gasteiger partial charge in [-0.3, -0.25) is 0 Å². The summed E-state index contributed by atoms with van der Waals surface area (Å²) in [7, 11) is 0. The van der Waals surface area contributed by atoms with Crippen molar-refractivity contribution in [1.29, 1.82) is 0 Å². The summed E-state index contributed by atoms with van der Waals surface area (Å²) in [6.07, 6.45) is 1.40. The molecule has 46 heavy (non-hydrogen) atoms. The number of H-pyrrole nitrogens is 1. The molecule has 0 aliphatic carbocycles. The minimum absolute atomic E-state index is 0. The summed E-state index contributed by atoms with van der Waals surface area (Å²) in [4.78, 5) is 8.15. The van der Waals surface area contributed by atoms with E-state index in [0.717, 1.165) is 28.6 Å². The molecule has 0 aliphatic rings. The summed E-state index contributed by atoms with van der Waals surface area (Å²) >= 11 is 0. The number of pyridine rings is 2. The Morgan fingerprint density at radius 2 is 1.00 bits per heavy atom. The van der Waals surface area contributed by atoms with Gasteiger partial charge in [0.25, 0.3) is 0 Å². The number of nitrogens with zero attached hydrogens (tertiary/aromatic N) is 4. The van der Waals surface area contributed by atoms with Crippen LogP contribution in [-0.4, -0.2) is 25.4 Å². The molecule has 0 bridgehead atoms. The van der Waals surface area contributed by atoms with E-state index < -0.39 is 0 Å². The molecule has 3 heterocycles. The van der Waals surface area contributed by atoms with E-state index in [9.17, 15) is 0 Å². The van der Waals surface area contributed by atoms with Crippen molar-refractivity contribution in [3.05, 3.63) is 144 Å². The van der Waals surface area contributed by atoms with E-state index in [1.54, 1.807) is 6.07 Å². The van der Waals surface area contributed by atoms with E-state index >= 15 is 0 Å². The van der Waals surface area contributed by atoms with Crippen LogP contribution in [0.2, 0.25) is 0 Å². The van der Waals surface area contributed by atoms with Crippen LogP contribution in [0.3, 0.4) is 0 Å². The molecule has 4 aromatic carbocycles. The minimum atomic E-state index is 0. The predicted octanol–water partition coefficient (Wildman–Crippen LogP) is 6.92. The van der Waals surface area contributed by atoms with Crippen molar-refractivity contribution in [2.45, 2.75) is 20.3 Å². The molecule has 9 heteroatoms. The topological polar surface area (TPSA) is 171 Å². The summed E-state index contributed by atoms with van der Waals surface area (Å²) in [5, 5.41) is 10.8. The van der Waals surface area contributed by atoms with Crippen LogP contribution in [0.5, 0.6) is 0 Å². The number of aromatic amines is 1. The van der Waals surface area contributed by atoms with Crippen LogP contribution in [0.4, 0.5) is 23.1 Å². The van der Waals surface area contributed by atoms with Gasteiger partial charge < -0.3 is 22.9 Å². The van der Waals surface area contributed by atoms with Crippen LogP contribution in [-0.2, 0) is 12.8 Å². The molecule has 0 saturated carbocycles. The second-order valence-electron chi connectivity index (χ2n) is 10.7. The Labute approximate surface area is 268 Å². The molecule has 0 fully saturated rings. The molecule has 0 spiro atoms. The molecule has 7 aromatic rings. The lowest BCUT2D eigenvalue weighted by Gasteiger charge is -2.10. The van der Waals surface area contributed by atoms with E-state index in [1.807, 2.05) is 48.5 Å². The summed E-state index contributed by atoms with van der Waals surface area (Å²) in [6.45, 7) is 0. The Morgan fingerprint density at radius 3 is 1.59 bits per heavy atom. The third-order valence-corrected chi connectivity index (χ3v) is 7.44. The fourth-order valence-electron chi connectivity index (χ4n) is 5.28. The summed E-state index contributed by atoms with van der Waals surface area (Å²) in [6, 6.07) is 41.1. The number of nitrogens with one attached hydrogen (secondary N) is 1. The first kappa shape index (κ1) is 31.2. The number of nitrogen functional groups attached to an aromatic ring is 4. The van der Waals surface area contributed by atoms with E-state index in [4.69, 9.17) is 22.9 Å². The third-order valence-electron chi connectivity index (χ3n) is 7.44. The molecule has 9 N–H and O–H groups in total. The molecular weight excluding hydrogens is 570 g/mol. The quantitative estimate of drug-likeness (QED) is 0.136. The Hall–Kier alpha value is -6.22. The fourth-order valence-corrected chi connectivity index (χ4v) is 5.28. The molecular formula is C37H37N9. The van der Waals surface area contributed by atoms with Gasteiger partial charge in [-0.2, -0.15) is 10.3 Å². The number of hydrogen-bond donors (Lipinski definition) is 5. The highest BCUT2D eigenvalue weighted by Crippen LogP contribution is 2.26. The standard InChI is InChI=1S/C18H15N5.C18H18N4.CH4/c19-16-11-15(17-18(20-16)22-23-21-17)10-12-5-4-8-14(9-12)13-6-2-1-3-7-13;19-16-11-15(17(20)18(21)22-16)10-12-5-4-8-14(9-12)13-6-2-1-3-7-13;/h1-9,11H,10H2,(H3,19,20,21,22,23);1-9,11H,10,20H2,(H4,19,21,22);1H4. The average molecular weight is 608 g/mol. The van der Waals surface area contributed by atoms with Crippen molar-refractivity contribution >= 4 is 34.3 Å². The third kappa shape index (κ3) is 7.28. The maximum Gasteiger partial charge on any atom is 0.203 e. The zero-order chi connectivity index (χ0) is 31.2. The predicted molar refractivity (Wildman–Crippen MR) is 190 cm³/mol. The second kappa shape index (κ2) is 14.0. The van der Waals surface area contributed by atoms with Crippen molar-refractivity contribution < 1.29 is 0 Å². The van der Waals surface area contributed by atoms with E-state index in [-0.39, 0.29) is 13.2 Å². The molecule has 3 aromatic heterocycles. The average Bonchev–Trinajstić information content (AvgIpc) is 3.54. The number of benzene rings is 4. The molecule has 7 rings (SSSR count). The van der Waals surface area contributed by atoms with Crippen molar-refractivity contribution in [3.63, 3.8) is 0 Å². The number of aromatic nitrogens is 5. The van der Waals surface area contributed by atoms with Crippen LogP contribution < -0.4 is 22.9 Å². The zero-order valence-corrected chi connectivity index (χ0v) is 24.6. The fraction of sp³-hybridized carbons (Fsp3) is 0.0811. The lowest BCUT2D eigenvalue weighted by atomic mass is 9.99. The van der Waals surface area contributed by atoms with E-state index in [1.165, 1.54) is 27.8 Å². The van der Waals surface area contributed by atoms with E-state index in [0.29, 0.717) is 29.4 Å². The van der Waals surface area contributed by atoms with Crippen LogP contribution in [0.1, 0.15) is 29.7 Å². The Morgan fingerprint density at radius 1 is 0.500 bits per heavy atom. The maximum atomic E-state index is 6.01. The smallest absolute Gasteiger partial charge is 0.203 e. The molecule has 0 atom stereocenters. The van der Waals surface area contributed by atoms with Crippen molar-refractivity contribution in [1.82, 2.24) is 25.4 Å². The molecule has 0 aliphatic heterocycles. The van der Waals surface area contributed by atoms with Gasteiger partial charge in [-0.05, 0) is 69.5 Å². The number of hydrogen-bond acceptors (Lipinski definition) is 8. The minimum Gasteiger partial charge on any atom is -0.396 e. The van der Waals surface area contributed by atoms with Gasteiger partial charge >= 0.3 is 0 Å². The molecule has 230 valence electrons. The van der Waals surface area contributed by atoms with Crippen LogP contribution in [0, 0.1) is 0 Å². The monoisotopic (exact) mass is 607 g/mol. The van der Waals surface area contributed by atoms with Gasteiger partial charge in [0.2, 0.25) is 5.65 Å². The van der Waals surface area contributed by atoms with Crippen molar-refractivity contribution in [2.24, 2.45) is 0 Å². The summed E-state index contributed by atoms with van der Waals surface area (Å²) in [5.41, 5.74) is 34.3. The van der Waals surface area contributed by atoms with Gasteiger partial charge in [-0.15, -0.1) is 5.10 Å². The highest BCUT2D eigenvalue weighted by molar-refractivity contribution is 5.76. The number of nitrogens with two attached hydrogens (primary N) is 4. The van der Waals surface area contributed by atoms with Gasteiger partial charge in [-0.1, -0.05) is 117 Å². The van der Waals surface area contributed by atoms with Crippen LogP contribution in [0.25, 0.3) is 33.4 Å². The molecule has 0 saturated heterocycles. The van der Waals surface area contributed by atoms with Crippen molar-refractivity contribution in [2.75, 3.05) is 22.9 Å². The lowest BCUT2D eigenvalue weighted by Crippen LogP contribution is -2.05. The van der Waals surface area contributed by atoms with Gasteiger partial charge in [0, 0.05) is 0 Å². The molecule has 0 unspecified atom stereocenters. The number of rotatable bonds is 6. The first-order valence-electron chi connectivity index (χ1n) is 14.5. The largest absolute Gasteiger partial charge is 0.396 e. The Kier molecular flexibility index (Phi) is 9.53. The summed E-state index contributed by atoms with van der Waals surface area (Å²) in [5.74, 6) is 1.13. The molecule has 0 radical (unpaired) electrons. The Bertz CT molecular complexity index is 2060. The van der Waals surface area contributed by atoms with Crippen molar-refractivity contribution in [3.8, 4) is 22.3 Å². The summed E-state index contributed by atoms with van der Waals surface area (Å²) < 4.78 is 0. The Balaban J connectivity index is 0.000000178. The number of fused-ring (bicyclic) bond motifs is 1. The van der Waals surface area contributed by atoms with Gasteiger partial charge in [0.1, 0.15) is 23.0 Å². The molecule has 9 nitrogen and oxygen atoms in total. The second-order valence-corrected chi connectivity index (χ2v) is 10.7. The van der Waals surface area contributed by atoms with Gasteiger partial charge in [-0.25, -0.2) is 9.97 Å². The number of anilines is 4. The zero-order valence-electron chi connectivity index (χ0n) is 24.6. The first-order valence-corrected chi connectivity index (χ1v) is 14.5. The van der Waals surface area contributed by atoms with Gasteiger partial charge in [0.05, 0.1) is 5.69 Å². The normalized spacial score (nSPS) is 10.5. The van der Waals surface area contributed by atoms with Crippen LogP contribution in [0.15, 0.2) is 121 Å². The van der Waals surface area contributed by atoms with Gasteiger partial charge in [0.15, 0.2) is 0 Å². The lowest BCUT2D eigenvalue weighted by molar-refractivity contribution is 0.953.